The molecule has 0 atom stereocenters. The molecule has 0 saturated carbocycles. The number of nitrogens with zero attached hydrogens (tertiary/aromatic N) is 2. The molecule has 6 heteroatoms. The molecule has 0 radical (unpaired) electrons. The molecule has 1 N–H and O–H groups in total. The highest BCUT2D eigenvalue weighted by molar-refractivity contribution is 7.16. The average Bonchev–Trinajstić information content (AvgIpc) is 2.79. The molecule has 0 spiro atoms. The van der Waals surface area contributed by atoms with Gasteiger partial charge in [-0.25, -0.2) is 0 Å². The van der Waals surface area contributed by atoms with Crippen LogP contribution in [0.5, 0.6) is 5.75 Å². The number of hydrogen-bond acceptors (Lipinski definition) is 5. The number of ether oxygens (including phenoxy) is 1. The number of amides is 1. The summed E-state index contributed by atoms with van der Waals surface area (Å²) in [6.07, 6.45) is 5.26. The van der Waals surface area contributed by atoms with Crippen molar-refractivity contribution >= 4 is 22.2 Å². The summed E-state index contributed by atoms with van der Waals surface area (Å²) < 4.78 is 5.44. The smallest absolute Gasteiger partial charge is 0.262 e. The maximum absolute atomic E-state index is 12.2. The Kier molecular flexibility index (Phi) is 5.33. The van der Waals surface area contributed by atoms with Crippen molar-refractivity contribution in [1.82, 2.24) is 0 Å². The van der Waals surface area contributed by atoms with Gasteiger partial charge in [-0.05, 0) is 43.4 Å². The number of para-hydroxylation sites is 1. The number of thiophene rings is 1. The van der Waals surface area contributed by atoms with Crippen molar-refractivity contribution in [2.75, 3.05) is 11.9 Å². The molecule has 2 aromatic rings. The number of benzene rings is 1. The number of fused-ring (bicyclic) bond motifs is 1. The van der Waals surface area contributed by atoms with Crippen molar-refractivity contribution in [2.45, 2.75) is 32.1 Å². The van der Waals surface area contributed by atoms with Gasteiger partial charge in [0, 0.05) is 4.88 Å². The van der Waals surface area contributed by atoms with Crippen LogP contribution in [0.25, 0.3) is 0 Å². The molecule has 1 aromatic heterocycles. The lowest BCUT2D eigenvalue weighted by atomic mass is 10.1. The third kappa shape index (κ3) is 3.81. The Morgan fingerprint density at radius 2 is 1.96 bits per heavy atom. The van der Waals surface area contributed by atoms with Gasteiger partial charge in [-0.15, -0.1) is 11.3 Å². The Labute approximate surface area is 150 Å². The minimum absolute atomic E-state index is 0.202. The van der Waals surface area contributed by atoms with E-state index in [0.29, 0.717) is 21.9 Å². The molecule has 0 bridgehead atoms. The maximum Gasteiger partial charge on any atom is 0.262 e. The van der Waals surface area contributed by atoms with Gasteiger partial charge in [-0.3, -0.25) is 4.79 Å². The van der Waals surface area contributed by atoms with Crippen molar-refractivity contribution in [3.8, 4) is 17.9 Å². The summed E-state index contributed by atoms with van der Waals surface area (Å²) in [5.41, 5.74) is 2.07. The highest BCUT2D eigenvalue weighted by Gasteiger charge is 2.21. The van der Waals surface area contributed by atoms with Crippen molar-refractivity contribution in [3.05, 3.63) is 45.8 Å². The molecule has 1 aromatic carbocycles. The highest BCUT2D eigenvalue weighted by atomic mass is 32.1. The van der Waals surface area contributed by atoms with E-state index < -0.39 is 0 Å². The van der Waals surface area contributed by atoms with Gasteiger partial charge in [0.05, 0.1) is 11.1 Å². The second-order valence-electron chi connectivity index (χ2n) is 5.83. The third-order valence-electron chi connectivity index (χ3n) is 4.15. The van der Waals surface area contributed by atoms with Gasteiger partial charge < -0.3 is 10.1 Å². The third-order valence-corrected chi connectivity index (χ3v) is 5.36. The number of aryl methyl sites for hydroxylation is 1. The Hall–Kier alpha value is -2.83. The van der Waals surface area contributed by atoms with Gasteiger partial charge in [0.2, 0.25) is 0 Å². The first-order valence-corrected chi connectivity index (χ1v) is 9.01. The molecule has 25 heavy (non-hydrogen) atoms. The quantitative estimate of drug-likeness (QED) is 0.849. The molecule has 126 valence electrons. The normalized spacial score (nSPS) is 13.0. The van der Waals surface area contributed by atoms with E-state index >= 15 is 0 Å². The first-order chi connectivity index (χ1) is 12.2. The predicted octanol–water partition coefficient (Wildman–Crippen LogP) is 3.78. The van der Waals surface area contributed by atoms with E-state index in [-0.39, 0.29) is 12.5 Å². The van der Waals surface area contributed by atoms with Crippen LogP contribution >= 0.6 is 11.3 Å². The van der Waals surface area contributed by atoms with E-state index in [9.17, 15) is 10.1 Å². The van der Waals surface area contributed by atoms with Crippen LogP contribution in [0.3, 0.4) is 0 Å². The summed E-state index contributed by atoms with van der Waals surface area (Å²) in [6.45, 7) is -0.202. The van der Waals surface area contributed by atoms with Crippen LogP contribution < -0.4 is 10.1 Å². The fraction of sp³-hybridized carbons (Fsp3) is 0.316. The van der Waals surface area contributed by atoms with Crippen LogP contribution in [0.4, 0.5) is 5.00 Å². The van der Waals surface area contributed by atoms with Gasteiger partial charge >= 0.3 is 0 Å². The largest absolute Gasteiger partial charge is 0.482 e. The van der Waals surface area contributed by atoms with Crippen LogP contribution in [0.1, 0.15) is 40.8 Å². The Balaban J connectivity index is 1.69. The molecule has 1 aliphatic rings. The van der Waals surface area contributed by atoms with Gasteiger partial charge in [-0.1, -0.05) is 18.6 Å². The summed E-state index contributed by atoms with van der Waals surface area (Å²) >= 11 is 1.50. The van der Waals surface area contributed by atoms with Crippen molar-refractivity contribution in [1.29, 1.82) is 10.5 Å². The zero-order valence-corrected chi connectivity index (χ0v) is 14.5. The van der Waals surface area contributed by atoms with E-state index in [1.54, 1.807) is 24.3 Å². The fourth-order valence-electron chi connectivity index (χ4n) is 2.94. The summed E-state index contributed by atoms with van der Waals surface area (Å²) in [7, 11) is 0. The van der Waals surface area contributed by atoms with Crippen LogP contribution in [0, 0.1) is 22.7 Å². The second kappa shape index (κ2) is 7.83. The van der Waals surface area contributed by atoms with Crippen molar-refractivity contribution in [3.63, 3.8) is 0 Å². The first-order valence-electron chi connectivity index (χ1n) is 8.19. The molecule has 0 fully saturated rings. The predicted molar refractivity (Wildman–Crippen MR) is 95.6 cm³/mol. The monoisotopic (exact) mass is 351 g/mol. The van der Waals surface area contributed by atoms with E-state index in [1.165, 1.54) is 22.6 Å². The zero-order chi connectivity index (χ0) is 17.6. The SMILES string of the molecule is N#Cc1ccccc1OCC(=O)Nc1sc2c(c1C#N)CCCCC2. The van der Waals surface area contributed by atoms with Crippen LogP contribution in [-0.4, -0.2) is 12.5 Å². The van der Waals surface area contributed by atoms with E-state index in [2.05, 4.69) is 11.4 Å². The van der Waals surface area contributed by atoms with Crippen LogP contribution in [0.2, 0.25) is 0 Å². The molecule has 3 rings (SSSR count). The number of nitriles is 2. The number of carbonyl (C=O) groups excluding carboxylic acids is 1. The number of hydrogen-bond donors (Lipinski definition) is 1. The Bertz CT molecular complexity index is 874. The standard InChI is InChI=1S/C19H17N3O2S/c20-10-13-6-4-5-8-16(13)24-12-18(23)22-19-15(11-21)14-7-2-1-3-9-17(14)25-19/h4-6,8H,1-3,7,9,12H2,(H,22,23). The van der Waals surface area contributed by atoms with Crippen LogP contribution in [-0.2, 0) is 17.6 Å². The van der Waals surface area contributed by atoms with Crippen molar-refractivity contribution < 1.29 is 9.53 Å². The molecule has 1 aliphatic carbocycles. The lowest BCUT2D eigenvalue weighted by Gasteiger charge is -2.08. The molecular formula is C19H17N3O2S. The number of nitrogens with one attached hydrogen (secondary N) is 1. The topological polar surface area (TPSA) is 85.9 Å². The zero-order valence-electron chi connectivity index (χ0n) is 13.7. The van der Waals surface area contributed by atoms with Crippen molar-refractivity contribution in [2.24, 2.45) is 0 Å². The summed E-state index contributed by atoms with van der Waals surface area (Å²) in [5.74, 6) is 0.0447. The maximum atomic E-state index is 12.2. The Morgan fingerprint density at radius 1 is 1.16 bits per heavy atom. The van der Waals surface area contributed by atoms with Gasteiger partial charge in [0.25, 0.3) is 5.91 Å². The second-order valence-corrected chi connectivity index (χ2v) is 6.93. The molecule has 0 unspecified atom stereocenters. The highest BCUT2D eigenvalue weighted by Crippen LogP contribution is 2.36. The van der Waals surface area contributed by atoms with E-state index in [1.807, 2.05) is 6.07 Å². The molecule has 5 nitrogen and oxygen atoms in total. The minimum Gasteiger partial charge on any atom is -0.482 e. The summed E-state index contributed by atoms with van der Waals surface area (Å²) in [5, 5.41) is 21.9. The van der Waals surface area contributed by atoms with Crippen LogP contribution in [0.15, 0.2) is 24.3 Å². The number of anilines is 1. The van der Waals surface area contributed by atoms with E-state index in [0.717, 1.165) is 31.2 Å². The van der Waals surface area contributed by atoms with Gasteiger partial charge in [0.1, 0.15) is 22.9 Å². The Morgan fingerprint density at radius 3 is 2.76 bits per heavy atom. The summed E-state index contributed by atoms with van der Waals surface area (Å²) in [6, 6.07) is 11.0. The average molecular weight is 351 g/mol. The molecule has 0 aliphatic heterocycles. The number of rotatable bonds is 4. The molecule has 1 amide bonds. The molecule has 0 saturated heterocycles. The molecule has 1 heterocycles. The fourth-order valence-corrected chi connectivity index (χ4v) is 4.20. The lowest BCUT2D eigenvalue weighted by molar-refractivity contribution is -0.118. The minimum atomic E-state index is -0.333. The van der Waals surface area contributed by atoms with Gasteiger partial charge in [0.15, 0.2) is 6.61 Å². The summed E-state index contributed by atoms with van der Waals surface area (Å²) in [4.78, 5) is 13.4. The van der Waals surface area contributed by atoms with Gasteiger partial charge in [-0.2, -0.15) is 10.5 Å². The van der Waals surface area contributed by atoms with E-state index in [4.69, 9.17) is 10.00 Å². The lowest BCUT2D eigenvalue weighted by Crippen LogP contribution is -2.20. The first kappa shape index (κ1) is 17.0. The molecular weight excluding hydrogens is 334 g/mol. The number of carbonyl (C=O) groups is 1.